The van der Waals surface area contributed by atoms with Crippen molar-refractivity contribution < 1.29 is 4.79 Å². The van der Waals surface area contributed by atoms with Crippen LogP contribution in [-0.4, -0.2) is 5.91 Å². The molecule has 0 saturated heterocycles. The van der Waals surface area contributed by atoms with E-state index in [-0.39, 0.29) is 11.9 Å². The van der Waals surface area contributed by atoms with Crippen LogP contribution in [-0.2, 0) is 0 Å². The number of hydrogen-bond acceptors (Lipinski definition) is 1. The lowest BCUT2D eigenvalue weighted by atomic mass is 10.1. The van der Waals surface area contributed by atoms with Gasteiger partial charge in [-0.3, -0.25) is 4.79 Å². The van der Waals surface area contributed by atoms with Crippen molar-refractivity contribution in [3.05, 3.63) is 66.5 Å². The number of halogens is 4. The Hall–Kier alpha value is -0.550. The van der Waals surface area contributed by atoms with Gasteiger partial charge < -0.3 is 5.32 Å². The molecular weight excluding hydrogens is 441 g/mol. The van der Waals surface area contributed by atoms with Gasteiger partial charge in [0.2, 0.25) is 0 Å². The van der Waals surface area contributed by atoms with Crippen molar-refractivity contribution in [1.29, 1.82) is 0 Å². The Morgan fingerprint density at radius 1 is 1.05 bits per heavy atom. The summed E-state index contributed by atoms with van der Waals surface area (Å²) in [5.74, 6) is -0.157. The lowest BCUT2D eigenvalue weighted by Crippen LogP contribution is -2.26. The lowest BCUT2D eigenvalue weighted by Gasteiger charge is -2.15. The number of amides is 1. The van der Waals surface area contributed by atoms with Gasteiger partial charge in [0.25, 0.3) is 5.91 Å². The number of carbonyl (C=O) groups is 1. The van der Waals surface area contributed by atoms with E-state index in [0.29, 0.717) is 15.6 Å². The Kier molecular flexibility index (Phi) is 5.72. The minimum Gasteiger partial charge on any atom is -0.346 e. The summed E-state index contributed by atoms with van der Waals surface area (Å²) in [4.78, 5) is 12.3. The Morgan fingerprint density at radius 2 is 1.67 bits per heavy atom. The molecule has 0 aliphatic carbocycles. The molecule has 0 fully saturated rings. The van der Waals surface area contributed by atoms with Gasteiger partial charge in [0.15, 0.2) is 0 Å². The molecule has 0 radical (unpaired) electrons. The fourth-order valence-electron chi connectivity index (χ4n) is 1.83. The largest absolute Gasteiger partial charge is 0.346 e. The van der Waals surface area contributed by atoms with Crippen molar-refractivity contribution in [2.24, 2.45) is 0 Å². The first kappa shape index (κ1) is 16.8. The summed E-state index contributed by atoms with van der Waals surface area (Å²) in [5.41, 5.74) is 1.47. The van der Waals surface area contributed by atoms with E-state index in [4.69, 9.17) is 23.2 Å². The van der Waals surface area contributed by atoms with E-state index in [2.05, 4.69) is 37.2 Å². The fourth-order valence-corrected chi connectivity index (χ4v) is 3.43. The summed E-state index contributed by atoms with van der Waals surface area (Å²) < 4.78 is 1.67. The molecule has 0 aromatic heterocycles. The summed E-state index contributed by atoms with van der Waals surface area (Å²) in [6.45, 7) is 1.89. The maximum Gasteiger partial charge on any atom is 0.251 e. The van der Waals surface area contributed by atoms with Crippen LogP contribution in [0.2, 0.25) is 10.0 Å². The van der Waals surface area contributed by atoms with Gasteiger partial charge in [-0.2, -0.15) is 0 Å². The van der Waals surface area contributed by atoms with Crippen molar-refractivity contribution in [1.82, 2.24) is 5.32 Å². The molecule has 2 aromatic rings. The quantitative estimate of drug-likeness (QED) is 0.608. The third-order valence-corrected chi connectivity index (χ3v) is 4.57. The zero-order valence-corrected chi connectivity index (χ0v) is 15.6. The SMILES string of the molecule is CC(NC(=O)c1cc(Br)cc(Br)c1)c1ccc(Cl)c(Cl)c1. The number of carbonyl (C=O) groups excluding carboxylic acids is 1. The van der Waals surface area contributed by atoms with Gasteiger partial charge >= 0.3 is 0 Å². The molecule has 0 aliphatic heterocycles. The maximum atomic E-state index is 12.3. The zero-order chi connectivity index (χ0) is 15.6. The topological polar surface area (TPSA) is 29.1 Å². The Bertz CT molecular complexity index is 671. The fraction of sp³-hybridized carbons (Fsp3) is 0.133. The first-order chi connectivity index (χ1) is 9.86. The summed E-state index contributed by atoms with van der Waals surface area (Å²) in [6, 6.07) is 10.5. The molecule has 0 heterocycles. The van der Waals surface area contributed by atoms with Gasteiger partial charge in [0, 0.05) is 14.5 Å². The highest BCUT2D eigenvalue weighted by molar-refractivity contribution is 9.11. The number of rotatable bonds is 3. The van der Waals surface area contributed by atoms with Crippen molar-refractivity contribution in [3.8, 4) is 0 Å². The predicted octanol–water partition coefficient (Wildman–Crippen LogP) is 6.01. The lowest BCUT2D eigenvalue weighted by molar-refractivity contribution is 0.0940. The molecule has 2 rings (SSSR count). The van der Waals surface area contributed by atoms with Crippen LogP contribution in [0.4, 0.5) is 0 Å². The second kappa shape index (κ2) is 7.14. The first-order valence-corrected chi connectivity index (χ1v) is 8.43. The minimum absolute atomic E-state index is 0.157. The third kappa shape index (κ3) is 4.46. The van der Waals surface area contributed by atoms with E-state index in [0.717, 1.165) is 14.5 Å². The average molecular weight is 452 g/mol. The van der Waals surface area contributed by atoms with Crippen LogP contribution in [0.15, 0.2) is 45.3 Å². The normalized spacial score (nSPS) is 12.0. The van der Waals surface area contributed by atoms with Crippen molar-refractivity contribution in [2.45, 2.75) is 13.0 Å². The predicted molar refractivity (Wildman–Crippen MR) is 94.2 cm³/mol. The molecule has 0 spiro atoms. The summed E-state index contributed by atoms with van der Waals surface area (Å²) in [6.07, 6.45) is 0. The monoisotopic (exact) mass is 449 g/mol. The molecule has 1 unspecified atom stereocenters. The smallest absolute Gasteiger partial charge is 0.251 e. The van der Waals surface area contributed by atoms with Crippen LogP contribution in [0, 0.1) is 0 Å². The molecule has 0 aliphatic rings. The van der Waals surface area contributed by atoms with Crippen LogP contribution in [0.1, 0.15) is 28.9 Å². The highest BCUT2D eigenvalue weighted by atomic mass is 79.9. The molecule has 0 bridgehead atoms. The third-order valence-electron chi connectivity index (χ3n) is 2.92. The highest BCUT2D eigenvalue weighted by Gasteiger charge is 2.13. The van der Waals surface area contributed by atoms with E-state index in [9.17, 15) is 4.79 Å². The molecule has 1 atom stereocenters. The maximum absolute atomic E-state index is 12.3. The second-order valence-corrected chi connectivity index (χ2v) is 7.17. The molecule has 1 N–H and O–H groups in total. The van der Waals surface area contributed by atoms with Crippen LogP contribution >= 0.6 is 55.1 Å². The number of benzene rings is 2. The minimum atomic E-state index is -0.176. The van der Waals surface area contributed by atoms with Gasteiger partial charge in [-0.1, -0.05) is 61.1 Å². The number of nitrogens with one attached hydrogen (secondary N) is 1. The van der Waals surface area contributed by atoms with E-state index >= 15 is 0 Å². The molecule has 21 heavy (non-hydrogen) atoms. The van der Waals surface area contributed by atoms with Crippen LogP contribution < -0.4 is 5.32 Å². The Labute approximate surface area is 150 Å². The average Bonchev–Trinajstić information content (AvgIpc) is 2.40. The molecule has 0 saturated carbocycles. The van der Waals surface area contributed by atoms with Gasteiger partial charge in [-0.05, 0) is 42.8 Å². The second-order valence-electron chi connectivity index (χ2n) is 4.53. The molecular formula is C15H11Br2Cl2NO. The van der Waals surface area contributed by atoms with Crippen molar-refractivity contribution in [3.63, 3.8) is 0 Å². The van der Waals surface area contributed by atoms with E-state index in [1.807, 2.05) is 19.1 Å². The van der Waals surface area contributed by atoms with Crippen molar-refractivity contribution >= 4 is 61.0 Å². The van der Waals surface area contributed by atoms with Crippen LogP contribution in [0.25, 0.3) is 0 Å². The summed E-state index contributed by atoms with van der Waals surface area (Å²) in [5, 5.41) is 3.90. The molecule has 1 amide bonds. The molecule has 6 heteroatoms. The Morgan fingerprint density at radius 3 is 2.24 bits per heavy atom. The van der Waals surface area contributed by atoms with E-state index in [1.54, 1.807) is 24.3 Å². The van der Waals surface area contributed by atoms with Gasteiger partial charge in [0.1, 0.15) is 0 Å². The van der Waals surface area contributed by atoms with Gasteiger partial charge in [0.05, 0.1) is 16.1 Å². The van der Waals surface area contributed by atoms with Crippen LogP contribution in [0.3, 0.4) is 0 Å². The molecule has 2 aromatic carbocycles. The Balaban J connectivity index is 2.16. The van der Waals surface area contributed by atoms with E-state index < -0.39 is 0 Å². The summed E-state index contributed by atoms with van der Waals surface area (Å²) in [7, 11) is 0. The number of hydrogen-bond donors (Lipinski definition) is 1. The standard InChI is InChI=1S/C15H11Br2Cl2NO/c1-8(9-2-3-13(18)14(19)6-9)20-15(21)10-4-11(16)7-12(17)5-10/h2-8H,1H3,(H,20,21). The van der Waals surface area contributed by atoms with Crippen molar-refractivity contribution in [2.75, 3.05) is 0 Å². The first-order valence-electron chi connectivity index (χ1n) is 6.08. The molecule has 110 valence electrons. The zero-order valence-electron chi connectivity index (χ0n) is 11.0. The summed E-state index contributed by atoms with van der Waals surface area (Å²) >= 11 is 18.6. The van der Waals surface area contributed by atoms with Crippen LogP contribution in [0.5, 0.6) is 0 Å². The van der Waals surface area contributed by atoms with Gasteiger partial charge in [-0.15, -0.1) is 0 Å². The highest BCUT2D eigenvalue weighted by Crippen LogP contribution is 2.26. The van der Waals surface area contributed by atoms with Gasteiger partial charge in [-0.25, -0.2) is 0 Å². The van der Waals surface area contributed by atoms with E-state index in [1.165, 1.54) is 0 Å². The molecule has 2 nitrogen and oxygen atoms in total.